The molecule has 5 saturated carbocycles. The van der Waals surface area contributed by atoms with E-state index in [1.165, 1.54) is 6.42 Å². The summed E-state index contributed by atoms with van der Waals surface area (Å²) in [7, 11) is 7.65. The van der Waals surface area contributed by atoms with Crippen LogP contribution in [0.3, 0.4) is 0 Å². The van der Waals surface area contributed by atoms with Gasteiger partial charge < -0.3 is 35.2 Å². The second-order valence-electron chi connectivity index (χ2n) is 16.9. The molecule has 11 heteroatoms. The molecule has 0 spiro atoms. The van der Waals surface area contributed by atoms with Gasteiger partial charge in [0.15, 0.2) is 0 Å². The summed E-state index contributed by atoms with van der Waals surface area (Å²) >= 11 is 0. The van der Waals surface area contributed by atoms with E-state index >= 15 is 0 Å². The molecule has 1 saturated heterocycles. The van der Waals surface area contributed by atoms with E-state index in [9.17, 15) is 19.8 Å². The number of fused-ring (bicyclic) bond motifs is 2. The van der Waals surface area contributed by atoms with Crippen molar-refractivity contribution in [3.05, 3.63) is 0 Å². The molecule has 0 aromatic heterocycles. The highest BCUT2D eigenvalue weighted by Crippen LogP contribution is 2.61. The largest absolute Gasteiger partial charge is 0.394 e. The van der Waals surface area contributed by atoms with Crippen LogP contribution in [0.2, 0.25) is 0 Å². The second kappa shape index (κ2) is 15.9. The molecule has 0 radical (unpaired) electrons. The van der Waals surface area contributed by atoms with Gasteiger partial charge in [0.1, 0.15) is 12.1 Å². The summed E-state index contributed by atoms with van der Waals surface area (Å²) in [5.41, 5.74) is 0.318. The number of carbonyl (C=O) groups excluding carboxylic acids is 2. The van der Waals surface area contributed by atoms with E-state index in [0.29, 0.717) is 54.8 Å². The first-order valence-electron chi connectivity index (χ1n) is 18.8. The normalized spacial score (nSPS) is 41.9. The average Bonchev–Trinajstić information content (AvgIpc) is 3.43. The van der Waals surface area contributed by atoms with E-state index < -0.39 is 24.2 Å². The van der Waals surface area contributed by atoms with E-state index in [2.05, 4.69) is 50.4 Å². The van der Waals surface area contributed by atoms with Crippen molar-refractivity contribution in [1.29, 1.82) is 0 Å². The van der Waals surface area contributed by atoms with Gasteiger partial charge >= 0.3 is 0 Å². The summed E-state index contributed by atoms with van der Waals surface area (Å²) in [6, 6.07) is -0.294. The minimum atomic E-state index is -0.825. The van der Waals surface area contributed by atoms with E-state index in [4.69, 9.17) is 14.3 Å². The van der Waals surface area contributed by atoms with Crippen molar-refractivity contribution in [2.75, 3.05) is 54.6 Å². The molecule has 7 unspecified atom stereocenters. The maximum absolute atomic E-state index is 14.2. The Hall–Kier alpha value is -1.34. The van der Waals surface area contributed by atoms with Crippen LogP contribution in [-0.4, -0.2) is 123 Å². The molecule has 5 aliphatic carbocycles. The predicted octanol–water partition coefficient (Wildman–Crippen LogP) is 2.69. The van der Waals surface area contributed by atoms with Gasteiger partial charge in [0, 0.05) is 57.1 Å². The van der Waals surface area contributed by atoms with E-state index in [-0.39, 0.29) is 48.3 Å². The van der Waals surface area contributed by atoms with E-state index in [1.807, 2.05) is 0 Å². The molecule has 11 nitrogen and oxygen atoms in total. The Morgan fingerprint density at radius 1 is 1.08 bits per heavy atom. The maximum Gasteiger partial charge on any atom is 0.240 e. The van der Waals surface area contributed by atoms with Crippen LogP contribution in [0.15, 0.2) is 0 Å². The zero-order valence-corrected chi connectivity index (χ0v) is 30.9. The first kappa shape index (κ1) is 37.9. The molecule has 276 valence electrons. The number of carbonyl (C=O) groups is 2. The second-order valence-corrected chi connectivity index (χ2v) is 16.9. The predicted molar refractivity (Wildman–Crippen MR) is 184 cm³/mol. The number of aliphatic hydroxyl groups excluding tert-OH is 2. The molecular formula is C37H66N4O7. The van der Waals surface area contributed by atoms with Crippen LogP contribution in [0.4, 0.5) is 0 Å². The fraction of sp³-hybridized carbons (Fsp3) is 0.946. The highest BCUT2D eigenvalue weighted by molar-refractivity contribution is 5.83. The number of hydrogen-bond donors (Lipinski definition) is 4. The molecule has 14 atom stereocenters. The highest BCUT2D eigenvalue weighted by atomic mass is 16.7. The van der Waals surface area contributed by atoms with Gasteiger partial charge in [-0.05, 0) is 101 Å². The third-order valence-corrected chi connectivity index (χ3v) is 13.8. The van der Waals surface area contributed by atoms with Gasteiger partial charge in [-0.15, -0.1) is 0 Å². The third kappa shape index (κ3) is 7.63. The van der Waals surface area contributed by atoms with Crippen LogP contribution in [0, 0.1) is 52.8 Å². The fourth-order valence-electron chi connectivity index (χ4n) is 10.8. The topological polar surface area (TPSA) is 133 Å². The first-order chi connectivity index (χ1) is 22.8. The van der Waals surface area contributed by atoms with Crippen LogP contribution < -0.4 is 10.6 Å². The first-order valence-corrected chi connectivity index (χ1v) is 18.8. The molecule has 2 amide bonds. The number of rotatable bonds is 13. The van der Waals surface area contributed by atoms with Crippen LogP contribution in [-0.2, 0) is 23.9 Å². The fourth-order valence-corrected chi connectivity index (χ4v) is 10.8. The van der Waals surface area contributed by atoms with Crippen molar-refractivity contribution in [3.8, 4) is 0 Å². The molecule has 4 N–H and O–H groups in total. The van der Waals surface area contributed by atoms with Crippen LogP contribution in [0.25, 0.3) is 0 Å². The average molecular weight is 679 g/mol. The van der Waals surface area contributed by atoms with Gasteiger partial charge in [0.25, 0.3) is 0 Å². The number of nitrogens with zero attached hydrogens (tertiary/aromatic N) is 2. The SMILES string of the molecule is COCCNC(=O)C1CC(C2CCCC(CN3O[C@@H](CO)[C@@H]([C@H](C)O)C3C(=O)N[C@H]3C[C@H]4C[C@@H]([C@@H]3C)C4(C)C)C2OC)CC(N(C)C)C1. The lowest BCUT2D eigenvalue weighted by Crippen LogP contribution is -2.62. The Morgan fingerprint density at radius 2 is 1.83 bits per heavy atom. The Kier molecular flexibility index (Phi) is 12.6. The summed E-state index contributed by atoms with van der Waals surface area (Å²) < 4.78 is 11.5. The van der Waals surface area contributed by atoms with Gasteiger partial charge in [-0.2, -0.15) is 5.06 Å². The van der Waals surface area contributed by atoms with E-state index in [1.54, 1.807) is 26.2 Å². The number of hydroxylamine groups is 2. The van der Waals surface area contributed by atoms with Gasteiger partial charge in [-0.25, -0.2) is 0 Å². The molecular weight excluding hydrogens is 612 g/mol. The monoisotopic (exact) mass is 678 g/mol. The minimum Gasteiger partial charge on any atom is -0.394 e. The summed E-state index contributed by atoms with van der Waals surface area (Å²) in [6.45, 7) is 9.91. The molecule has 6 aliphatic rings. The Balaban J connectivity index is 1.31. The smallest absolute Gasteiger partial charge is 0.240 e. The molecule has 48 heavy (non-hydrogen) atoms. The van der Waals surface area contributed by atoms with Crippen molar-refractivity contribution < 1.29 is 34.1 Å². The standard InChI is InChI=1S/C37H66N4O7/c1-21-29-17-26(37(29,3)4)18-30(21)39-36(45)33-32(22(2)43)31(20-42)48-41(33)19-23-10-9-11-28(34(23)47-8)24-14-25(16-27(15-24)40(5)6)35(44)38-12-13-46-7/h21-34,42-43H,9-20H2,1-8H3,(H,38,44)(H,39,45)/t21-,22-,23?,24?,25?,26+,27?,28?,29-,30-,31-,32+,33?,34?/m0/s1. The zero-order chi connectivity index (χ0) is 34.9. The summed E-state index contributed by atoms with van der Waals surface area (Å²) in [6.07, 6.45) is 6.38. The van der Waals surface area contributed by atoms with Gasteiger partial charge in [-0.3, -0.25) is 14.4 Å². The molecule has 2 bridgehead atoms. The number of amides is 2. The molecule has 6 fully saturated rings. The molecule has 1 heterocycles. The number of hydrogen-bond acceptors (Lipinski definition) is 9. The molecule has 0 aromatic carbocycles. The van der Waals surface area contributed by atoms with Gasteiger partial charge in [0.2, 0.25) is 11.8 Å². The van der Waals surface area contributed by atoms with Gasteiger partial charge in [0.05, 0.1) is 25.4 Å². The number of ether oxygens (including phenoxy) is 2. The van der Waals surface area contributed by atoms with E-state index in [0.717, 1.165) is 44.9 Å². The number of nitrogens with one attached hydrogen (secondary N) is 2. The van der Waals surface area contributed by atoms with Crippen LogP contribution in [0.5, 0.6) is 0 Å². The highest BCUT2D eigenvalue weighted by Gasteiger charge is 2.58. The lowest BCUT2D eigenvalue weighted by molar-refractivity contribution is -0.193. The lowest BCUT2D eigenvalue weighted by atomic mass is 9.45. The number of methoxy groups -OCH3 is 2. The summed E-state index contributed by atoms with van der Waals surface area (Å²) in [5.74, 6) is 1.69. The quantitative estimate of drug-likeness (QED) is 0.217. The van der Waals surface area contributed by atoms with Crippen molar-refractivity contribution in [3.63, 3.8) is 0 Å². The molecule has 1 aliphatic heterocycles. The van der Waals surface area contributed by atoms with Crippen molar-refractivity contribution in [2.45, 2.75) is 115 Å². The zero-order valence-electron chi connectivity index (χ0n) is 30.9. The summed E-state index contributed by atoms with van der Waals surface area (Å²) in [4.78, 5) is 36.1. The van der Waals surface area contributed by atoms with Crippen molar-refractivity contribution in [2.24, 2.45) is 52.8 Å². The van der Waals surface area contributed by atoms with Crippen LogP contribution in [0.1, 0.15) is 79.1 Å². The summed E-state index contributed by atoms with van der Waals surface area (Å²) in [5, 5.41) is 29.5. The Bertz CT molecular complexity index is 1090. The Labute approximate surface area is 289 Å². The molecule has 0 aromatic rings. The minimum absolute atomic E-state index is 0.0555. The molecule has 6 rings (SSSR count). The number of aliphatic hydroxyl groups is 2. The maximum atomic E-state index is 14.2. The lowest BCUT2D eigenvalue weighted by Gasteiger charge is -2.62. The van der Waals surface area contributed by atoms with Crippen LogP contribution >= 0.6 is 0 Å². The third-order valence-electron chi connectivity index (χ3n) is 13.8. The van der Waals surface area contributed by atoms with Gasteiger partial charge in [-0.1, -0.05) is 27.2 Å². The van der Waals surface area contributed by atoms with Crippen molar-refractivity contribution >= 4 is 11.8 Å². The Morgan fingerprint density at radius 3 is 2.44 bits per heavy atom. The van der Waals surface area contributed by atoms with Crippen molar-refractivity contribution in [1.82, 2.24) is 20.6 Å².